The summed E-state index contributed by atoms with van der Waals surface area (Å²) in [5.74, 6) is -2.06. The molecule has 0 aliphatic carbocycles. The van der Waals surface area contributed by atoms with Crippen LogP contribution in [-0.4, -0.2) is 25.0 Å². The standard InChI is InChI=1S/C31H27F2NO2/c1-2-26(35-22-29(34)27-19-12-20-28(32)30(27)33)21-36-31(23-13-6-3-7-14-23,24-15-8-4-9-16-24)25-17-10-5-11-18-25/h2-20,26,34H,1,21-22H2. The summed E-state index contributed by atoms with van der Waals surface area (Å²) in [6.45, 7) is 3.74. The Kier molecular flexibility index (Phi) is 8.16. The molecule has 5 heteroatoms. The highest BCUT2D eigenvalue weighted by atomic mass is 19.2. The second kappa shape index (κ2) is 11.7. The maximum Gasteiger partial charge on any atom is 0.167 e. The quantitative estimate of drug-likeness (QED) is 0.143. The van der Waals surface area contributed by atoms with Gasteiger partial charge in [0.1, 0.15) is 5.60 Å². The topological polar surface area (TPSA) is 42.3 Å². The fourth-order valence-corrected chi connectivity index (χ4v) is 4.16. The predicted octanol–water partition coefficient (Wildman–Crippen LogP) is 6.91. The minimum atomic E-state index is -1.06. The fraction of sp³-hybridized carbons (Fsp3) is 0.129. The number of ether oxygens (including phenoxy) is 2. The molecule has 0 fully saturated rings. The van der Waals surface area contributed by atoms with Gasteiger partial charge in [0.15, 0.2) is 11.6 Å². The monoisotopic (exact) mass is 483 g/mol. The van der Waals surface area contributed by atoms with Crippen molar-refractivity contribution in [3.63, 3.8) is 0 Å². The molecule has 36 heavy (non-hydrogen) atoms. The number of hydrogen-bond donors (Lipinski definition) is 1. The predicted molar refractivity (Wildman–Crippen MR) is 138 cm³/mol. The lowest BCUT2D eigenvalue weighted by atomic mass is 9.80. The van der Waals surface area contributed by atoms with Crippen molar-refractivity contribution < 1.29 is 18.3 Å². The highest BCUT2D eigenvalue weighted by Gasteiger charge is 2.38. The average Bonchev–Trinajstić information content (AvgIpc) is 2.94. The fourth-order valence-electron chi connectivity index (χ4n) is 4.16. The maximum absolute atomic E-state index is 14.1. The van der Waals surface area contributed by atoms with Gasteiger partial charge in [-0.05, 0) is 28.8 Å². The first-order valence-corrected chi connectivity index (χ1v) is 11.6. The lowest BCUT2D eigenvalue weighted by Crippen LogP contribution is -2.36. The normalized spacial score (nSPS) is 12.2. The Balaban J connectivity index is 1.62. The van der Waals surface area contributed by atoms with E-state index in [1.165, 1.54) is 12.1 Å². The lowest BCUT2D eigenvalue weighted by Gasteiger charge is -2.36. The van der Waals surface area contributed by atoms with Gasteiger partial charge in [-0.25, -0.2) is 8.78 Å². The zero-order valence-electron chi connectivity index (χ0n) is 19.7. The van der Waals surface area contributed by atoms with Crippen molar-refractivity contribution in [3.8, 4) is 0 Å². The number of halogens is 2. The molecule has 0 bridgehead atoms. The van der Waals surface area contributed by atoms with Crippen LogP contribution < -0.4 is 0 Å². The van der Waals surface area contributed by atoms with Crippen LogP contribution in [0.15, 0.2) is 122 Å². The molecule has 1 unspecified atom stereocenters. The second-order valence-corrected chi connectivity index (χ2v) is 8.26. The SMILES string of the molecule is C=CC(COC(c1ccccc1)(c1ccccc1)c1ccccc1)OCC(=N)c1cccc(F)c1F. The Labute approximate surface area is 210 Å². The van der Waals surface area contributed by atoms with Gasteiger partial charge < -0.3 is 14.9 Å². The van der Waals surface area contributed by atoms with E-state index in [1.54, 1.807) is 6.08 Å². The molecule has 0 spiro atoms. The van der Waals surface area contributed by atoms with E-state index in [9.17, 15) is 8.78 Å². The van der Waals surface area contributed by atoms with Gasteiger partial charge in [0.05, 0.1) is 25.0 Å². The molecule has 0 aliphatic rings. The van der Waals surface area contributed by atoms with Gasteiger partial charge in [-0.2, -0.15) is 0 Å². The van der Waals surface area contributed by atoms with Gasteiger partial charge >= 0.3 is 0 Å². The smallest absolute Gasteiger partial charge is 0.167 e. The molecule has 0 heterocycles. The van der Waals surface area contributed by atoms with E-state index in [1.807, 2.05) is 91.0 Å². The third-order valence-electron chi connectivity index (χ3n) is 5.99. The lowest BCUT2D eigenvalue weighted by molar-refractivity contribution is -0.0412. The molecule has 0 aromatic heterocycles. The third kappa shape index (κ3) is 5.33. The first-order chi connectivity index (χ1) is 17.6. The van der Waals surface area contributed by atoms with Crippen molar-refractivity contribution in [1.82, 2.24) is 0 Å². The van der Waals surface area contributed by atoms with Gasteiger partial charge in [-0.15, -0.1) is 6.58 Å². The van der Waals surface area contributed by atoms with Gasteiger partial charge in [-0.1, -0.05) is 103 Å². The summed E-state index contributed by atoms with van der Waals surface area (Å²) in [6.07, 6.45) is 0.985. The molecule has 1 atom stereocenters. The van der Waals surface area contributed by atoms with E-state index in [2.05, 4.69) is 6.58 Å². The molecule has 0 radical (unpaired) electrons. The van der Waals surface area contributed by atoms with Crippen LogP contribution in [0, 0.1) is 17.0 Å². The molecule has 4 aromatic rings. The number of rotatable bonds is 11. The van der Waals surface area contributed by atoms with E-state index in [0.29, 0.717) is 0 Å². The first kappa shape index (κ1) is 25.2. The van der Waals surface area contributed by atoms with Crippen molar-refractivity contribution in [2.75, 3.05) is 13.2 Å². The molecule has 0 amide bonds. The molecular formula is C31H27F2NO2. The molecule has 0 saturated carbocycles. The molecule has 0 aliphatic heterocycles. The van der Waals surface area contributed by atoms with E-state index in [4.69, 9.17) is 14.9 Å². The number of hydrogen-bond acceptors (Lipinski definition) is 3. The van der Waals surface area contributed by atoms with Crippen molar-refractivity contribution in [2.24, 2.45) is 0 Å². The van der Waals surface area contributed by atoms with Gasteiger partial charge in [0.2, 0.25) is 0 Å². The van der Waals surface area contributed by atoms with Crippen LogP contribution in [0.3, 0.4) is 0 Å². The molecule has 4 aromatic carbocycles. The van der Waals surface area contributed by atoms with Crippen molar-refractivity contribution >= 4 is 5.71 Å². The summed E-state index contributed by atoms with van der Waals surface area (Å²) in [7, 11) is 0. The van der Waals surface area contributed by atoms with Gasteiger partial charge in [0, 0.05) is 5.56 Å². The molecule has 3 nitrogen and oxygen atoms in total. The third-order valence-corrected chi connectivity index (χ3v) is 5.99. The minimum Gasteiger partial charge on any atom is -0.365 e. The van der Waals surface area contributed by atoms with Gasteiger partial charge in [-0.3, -0.25) is 0 Å². The van der Waals surface area contributed by atoms with Crippen LogP contribution in [0.2, 0.25) is 0 Å². The zero-order valence-corrected chi connectivity index (χ0v) is 19.7. The molecular weight excluding hydrogens is 456 g/mol. The van der Waals surface area contributed by atoms with Crippen molar-refractivity contribution in [2.45, 2.75) is 11.7 Å². The van der Waals surface area contributed by atoms with Crippen molar-refractivity contribution in [1.29, 1.82) is 5.41 Å². The van der Waals surface area contributed by atoms with Crippen LogP contribution in [0.5, 0.6) is 0 Å². The Morgan fingerprint density at radius 2 is 1.28 bits per heavy atom. The first-order valence-electron chi connectivity index (χ1n) is 11.6. The molecule has 182 valence electrons. The highest BCUT2D eigenvalue weighted by molar-refractivity contribution is 5.99. The minimum absolute atomic E-state index is 0.112. The molecule has 1 N–H and O–H groups in total. The molecule has 4 rings (SSSR count). The van der Waals surface area contributed by atoms with Crippen LogP contribution in [0.25, 0.3) is 0 Å². The Morgan fingerprint density at radius 1 is 0.778 bits per heavy atom. The highest BCUT2D eigenvalue weighted by Crippen LogP contribution is 2.40. The van der Waals surface area contributed by atoms with E-state index in [-0.39, 0.29) is 24.5 Å². The zero-order chi connectivity index (χ0) is 25.4. The summed E-state index contributed by atoms with van der Waals surface area (Å²) in [6, 6.07) is 33.5. The Hall–Kier alpha value is -3.93. The second-order valence-electron chi connectivity index (χ2n) is 8.26. The average molecular weight is 484 g/mol. The maximum atomic E-state index is 14.1. The Morgan fingerprint density at radius 3 is 1.75 bits per heavy atom. The van der Waals surface area contributed by atoms with E-state index >= 15 is 0 Å². The Bertz CT molecular complexity index is 1200. The summed E-state index contributed by atoms with van der Waals surface area (Å²) in [4.78, 5) is 0. The van der Waals surface area contributed by atoms with Crippen molar-refractivity contribution in [3.05, 3.63) is 156 Å². The number of benzene rings is 4. The molecule has 0 saturated heterocycles. The van der Waals surface area contributed by atoms with Gasteiger partial charge in [0.25, 0.3) is 0 Å². The van der Waals surface area contributed by atoms with E-state index in [0.717, 1.165) is 22.8 Å². The number of nitrogens with one attached hydrogen (secondary N) is 1. The van der Waals surface area contributed by atoms with Crippen LogP contribution in [0.4, 0.5) is 8.78 Å². The summed E-state index contributed by atoms with van der Waals surface area (Å²) >= 11 is 0. The van der Waals surface area contributed by atoms with Crippen LogP contribution in [0.1, 0.15) is 22.3 Å². The summed E-state index contributed by atoms with van der Waals surface area (Å²) in [5.41, 5.74) is 1.60. The van der Waals surface area contributed by atoms with E-state index < -0.39 is 23.3 Å². The van der Waals surface area contributed by atoms with Crippen LogP contribution in [-0.2, 0) is 15.1 Å². The summed E-state index contributed by atoms with van der Waals surface area (Å²) < 4.78 is 40.3. The summed E-state index contributed by atoms with van der Waals surface area (Å²) in [5, 5.41) is 8.19. The van der Waals surface area contributed by atoms with Crippen LogP contribution >= 0.6 is 0 Å². The largest absolute Gasteiger partial charge is 0.365 e.